The predicted molar refractivity (Wildman–Crippen MR) is 54.8 cm³/mol. The molecular formula is C11H12FNO2. The Kier molecular flexibility index (Phi) is 2.58. The van der Waals surface area contributed by atoms with Crippen molar-refractivity contribution in [2.24, 2.45) is 0 Å². The number of ketones is 1. The number of ether oxygens (including phenoxy) is 1. The van der Waals surface area contributed by atoms with Gasteiger partial charge in [-0.05, 0) is 12.1 Å². The third-order valence-electron chi connectivity index (χ3n) is 2.53. The molecule has 0 N–H and O–H groups in total. The van der Waals surface area contributed by atoms with Crippen LogP contribution in [0, 0.1) is 5.82 Å². The quantitative estimate of drug-likeness (QED) is 0.741. The highest BCUT2D eigenvalue weighted by Gasteiger charge is 2.20. The first-order valence-electron chi connectivity index (χ1n) is 4.81. The van der Waals surface area contributed by atoms with E-state index in [9.17, 15) is 9.18 Å². The number of halogens is 1. The summed E-state index contributed by atoms with van der Waals surface area (Å²) in [6, 6.07) is 4.74. The van der Waals surface area contributed by atoms with Gasteiger partial charge in [-0.1, -0.05) is 0 Å². The van der Waals surface area contributed by atoms with Gasteiger partial charge in [0.2, 0.25) is 0 Å². The summed E-state index contributed by atoms with van der Waals surface area (Å²) < 4.78 is 18.2. The van der Waals surface area contributed by atoms with Crippen molar-refractivity contribution in [3.05, 3.63) is 24.0 Å². The van der Waals surface area contributed by atoms with E-state index in [0.29, 0.717) is 19.5 Å². The Morgan fingerprint density at radius 3 is 2.80 bits per heavy atom. The van der Waals surface area contributed by atoms with E-state index in [1.807, 2.05) is 4.90 Å². The molecule has 2 rings (SSSR count). The molecular weight excluding hydrogens is 197 g/mol. The molecule has 4 heteroatoms. The average Bonchev–Trinajstić information content (AvgIpc) is 2.65. The molecule has 80 valence electrons. The molecule has 1 saturated heterocycles. The lowest BCUT2D eigenvalue weighted by molar-refractivity contribution is -0.116. The molecule has 3 nitrogen and oxygen atoms in total. The summed E-state index contributed by atoms with van der Waals surface area (Å²) in [6.07, 6.45) is 0.549. The van der Waals surface area contributed by atoms with Crippen LogP contribution in [0.5, 0.6) is 5.75 Å². The van der Waals surface area contributed by atoms with E-state index >= 15 is 0 Å². The Hall–Kier alpha value is -1.58. The fourth-order valence-electron chi connectivity index (χ4n) is 1.70. The summed E-state index contributed by atoms with van der Waals surface area (Å²) >= 11 is 0. The third-order valence-corrected chi connectivity index (χ3v) is 2.53. The van der Waals surface area contributed by atoms with Crippen molar-refractivity contribution in [3.63, 3.8) is 0 Å². The highest BCUT2D eigenvalue weighted by Crippen LogP contribution is 2.25. The molecule has 0 spiro atoms. The first-order valence-corrected chi connectivity index (χ1v) is 4.81. The van der Waals surface area contributed by atoms with Crippen LogP contribution in [-0.4, -0.2) is 26.0 Å². The van der Waals surface area contributed by atoms with Crippen LogP contribution in [0.15, 0.2) is 18.2 Å². The fraction of sp³-hybridized carbons (Fsp3) is 0.364. The van der Waals surface area contributed by atoms with E-state index < -0.39 is 5.82 Å². The summed E-state index contributed by atoms with van der Waals surface area (Å²) in [7, 11) is 1.43. The van der Waals surface area contributed by atoms with Gasteiger partial charge in [-0.25, -0.2) is 4.39 Å². The van der Waals surface area contributed by atoms with E-state index in [0.717, 1.165) is 5.69 Å². The molecule has 15 heavy (non-hydrogen) atoms. The molecule has 1 aromatic rings. The molecule has 0 saturated carbocycles. The Morgan fingerprint density at radius 1 is 1.47 bits per heavy atom. The summed E-state index contributed by atoms with van der Waals surface area (Å²) in [5.74, 6) is 0.0323. The van der Waals surface area contributed by atoms with E-state index in [1.54, 1.807) is 12.1 Å². The van der Waals surface area contributed by atoms with Gasteiger partial charge >= 0.3 is 0 Å². The topological polar surface area (TPSA) is 29.5 Å². The van der Waals surface area contributed by atoms with Crippen LogP contribution in [0.3, 0.4) is 0 Å². The molecule has 1 aromatic carbocycles. The van der Waals surface area contributed by atoms with Crippen LogP contribution in [0.1, 0.15) is 6.42 Å². The molecule has 0 radical (unpaired) electrons. The number of rotatable bonds is 2. The average molecular weight is 209 g/mol. The van der Waals surface area contributed by atoms with E-state index in [2.05, 4.69) is 0 Å². The summed E-state index contributed by atoms with van der Waals surface area (Å²) in [5, 5.41) is 0. The molecule has 0 aliphatic carbocycles. The van der Waals surface area contributed by atoms with Crippen molar-refractivity contribution < 1.29 is 13.9 Å². The maximum absolute atomic E-state index is 13.4. The first kappa shape index (κ1) is 9.96. The summed E-state index contributed by atoms with van der Waals surface area (Å²) in [6.45, 7) is 1.05. The van der Waals surface area contributed by atoms with Gasteiger partial charge in [0, 0.05) is 24.7 Å². The minimum atomic E-state index is -0.394. The summed E-state index contributed by atoms with van der Waals surface area (Å²) in [4.78, 5) is 12.9. The van der Waals surface area contributed by atoms with E-state index in [4.69, 9.17) is 4.74 Å². The first-order chi connectivity index (χ1) is 7.20. The minimum Gasteiger partial charge on any atom is -0.494 e. The van der Waals surface area contributed by atoms with Crippen LogP contribution in [-0.2, 0) is 4.79 Å². The standard InChI is InChI=1S/C11H12FNO2/c1-15-11-3-2-8(6-10(11)12)13-5-4-9(14)7-13/h2-3,6H,4-5,7H2,1H3. The molecule has 1 aliphatic rings. The second-order valence-corrected chi connectivity index (χ2v) is 3.53. The van der Waals surface area contributed by atoms with Crippen LogP contribution in [0.25, 0.3) is 0 Å². The second kappa shape index (κ2) is 3.88. The predicted octanol–water partition coefficient (Wildman–Crippen LogP) is 1.61. The smallest absolute Gasteiger partial charge is 0.167 e. The Morgan fingerprint density at radius 2 is 2.27 bits per heavy atom. The van der Waals surface area contributed by atoms with Gasteiger partial charge in [0.25, 0.3) is 0 Å². The number of hydrogen-bond donors (Lipinski definition) is 0. The van der Waals surface area contributed by atoms with Crippen LogP contribution < -0.4 is 9.64 Å². The number of carbonyl (C=O) groups is 1. The SMILES string of the molecule is COc1ccc(N2CCC(=O)C2)cc1F. The molecule has 1 fully saturated rings. The van der Waals surface area contributed by atoms with Crippen molar-refractivity contribution in [1.29, 1.82) is 0 Å². The molecule has 0 aromatic heterocycles. The number of nitrogens with zero attached hydrogens (tertiary/aromatic N) is 1. The normalized spacial score (nSPS) is 15.9. The lowest BCUT2D eigenvalue weighted by atomic mass is 10.2. The van der Waals surface area contributed by atoms with Crippen molar-refractivity contribution in [1.82, 2.24) is 0 Å². The Bertz CT molecular complexity index is 392. The number of carbonyl (C=O) groups excluding carboxylic acids is 1. The largest absolute Gasteiger partial charge is 0.494 e. The van der Waals surface area contributed by atoms with Crippen molar-refractivity contribution >= 4 is 11.5 Å². The monoisotopic (exact) mass is 209 g/mol. The third kappa shape index (κ3) is 1.93. The number of hydrogen-bond acceptors (Lipinski definition) is 3. The maximum atomic E-state index is 13.4. The number of benzene rings is 1. The fourth-order valence-corrected chi connectivity index (χ4v) is 1.70. The van der Waals surface area contributed by atoms with Gasteiger partial charge in [0.05, 0.1) is 13.7 Å². The Balaban J connectivity index is 2.22. The van der Waals surface area contributed by atoms with Crippen molar-refractivity contribution in [2.45, 2.75) is 6.42 Å². The van der Waals surface area contributed by atoms with Gasteiger partial charge in [-0.2, -0.15) is 0 Å². The number of Topliss-reactive ketones (excluding diaryl/α,β-unsaturated/α-hetero) is 1. The molecule has 1 aliphatic heterocycles. The summed E-state index contributed by atoms with van der Waals surface area (Å²) in [5.41, 5.74) is 0.735. The van der Waals surface area contributed by atoms with Crippen LogP contribution in [0.2, 0.25) is 0 Å². The zero-order valence-electron chi connectivity index (χ0n) is 8.50. The molecule has 1 heterocycles. The van der Waals surface area contributed by atoms with Gasteiger partial charge in [-0.15, -0.1) is 0 Å². The molecule has 0 bridgehead atoms. The van der Waals surface area contributed by atoms with Crippen molar-refractivity contribution in [3.8, 4) is 5.75 Å². The molecule has 0 atom stereocenters. The van der Waals surface area contributed by atoms with E-state index in [-0.39, 0.29) is 11.5 Å². The second-order valence-electron chi connectivity index (χ2n) is 3.53. The number of methoxy groups -OCH3 is 1. The lowest BCUT2D eigenvalue weighted by Gasteiger charge is -2.16. The van der Waals surface area contributed by atoms with Crippen LogP contribution >= 0.6 is 0 Å². The van der Waals surface area contributed by atoms with Gasteiger partial charge in [0.15, 0.2) is 17.3 Å². The van der Waals surface area contributed by atoms with Gasteiger partial charge in [-0.3, -0.25) is 4.79 Å². The minimum absolute atomic E-state index is 0.200. The van der Waals surface area contributed by atoms with Gasteiger partial charge < -0.3 is 9.64 Å². The maximum Gasteiger partial charge on any atom is 0.167 e. The zero-order chi connectivity index (χ0) is 10.8. The Labute approximate surface area is 87.5 Å². The highest BCUT2D eigenvalue weighted by atomic mass is 19.1. The van der Waals surface area contributed by atoms with Crippen LogP contribution in [0.4, 0.5) is 10.1 Å². The molecule has 0 amide bonds. The van der Waals surface area contributed by atoms with Gasteiger partial charge in [0.1, 0.15) is 0 Å². The van der Waals surface area contributed by atoms with E-state index in [1.165, 1.54) is 13.2 Å². The number of anilines is 1. The van der Waals surface area contributed by atoms with Crippen molar-refractivity contribution in [2.75, 3.05) is 25.1 Å². The molecule has 0 unspecified atom stereocenters. The lowest BCUT2D eigenvalue weighted by Crippen LogP contribution is -2.19. The highest BCUT2D eigenvalue weighted by molar-refractivity contribution is 5.87. The zero-order valence-corrected chi connectivity index (χ0v) is 8.50.